The van der Waals surface area contributed by atoms with Crippen LogP contribution in [0.3, 0.4) is 0 Å². The first-order valence-corrected chi connectivity index (χ1v) is 7.39. The molecular weight excluding hydrogens is 264 g/mol. The van der Waals surface area contributed by atoms with E-state index in [1.165, 1.54) is 0 Å². The molecule has 20 heavy (non-hydrogen) atoms. The van der Waals surface area contributed by atoms with Crippen molar-refractivity contribution in [3.63, 3.8) is 0 Å². The molecular formula is C17H16O2Si. The molecule has 0 saturated carbocycles. The van der Waals surface area contributed by atoms with Crippen molar-refractivity contribution in [3.8, 4) is 0 Å². The van der Waals surface area contributed by atoms with E-state index in [2.05, 4.69) is 30.8 Å². The van der Waals surface area contributed by atoms with Crippen molar-refractivity contribution in [1.29, 1.82) is 0 Å². The quantitative estimate of drug-likeness (QED) is 0.619. The lowest BCUT2D eigenvalue weighted by Crippen LogP contribution is -2.18. The third-order valence-electron chi connectivity index (χ3n) is 2.88. The molecule has 0 bridgehead atoms. The molecule has 100 valence electrons. The maximum Gasteiger partial charge on any atom is 0.328 e. The van der Waals surface area contributed by atoms with Crippen LogP contribution in [0.15, 0.2) is 72.8 Å². The molecule has 0 fully saturated rings. The average Bonchev–Trinajstić information content (AvgIpc) is 2.49. The van der Waals surface area contributed by atoms with Crippen LogP contribution in [-0.4, -0.2) is 15.7 Å². The van der Waals surface area contributed by atoms with Gasteiger partial charge in [-0.1, -0.05) is 67.2 Å². The highest BCUT2D eigenvalue weighted by Crippen LogP contribution is 2.23. The maximum atomic E-state index is 11.6. The molecule has 0 unspecified atom stereocenters. The number of hydrogen-bond acceptors (Lipinski definition) is 2. The van der Waals surface area contributed by atoms with E-state index in [4.69, 9.17) is 4.43 Å². The molecule has 0 aliphatic heterocycles. The second-order valence-electron chi connectivity index (χ2n) is 4.54. The molecule has 2 aromatic rings. The van der Waals surface area contributed by atoms with Crippen molar-refractivity contribution >= 4 is 15.7 Å². The van der Waals surface area contributed by atoms with E-state index in [9.17, 15) is 4.79 Å². The molecule has 0 spiro atoms. The van der Waals surface area contributed by atoms with Crippen LogP contribution in [0.5, 0.6) is 0 Å². The van der Waals surface area contributed by atoms with Crippen LogP contribution < -0.4 is 0 Å². The predicted molar refractivity (Wildman–Crippen MR) is 81.4 cm³/mol. The zero-order valence-corrected chi connectivity index (χ0v) is 12.4. The topological polar surface area (TPSA) is 26.3 Å². The van der Waals surface area contributed by atoms with Crippen molar-refractivity contribution in [2.75, 3.05) is 0 Å². The van der Waals surface area contributed by atoms with Crippen LogP contribution in [-0.2, 0) is 9.22 Å². The predicted octanol–water partition coefficient (Wildman–Crippen LogP) is 3.51. The summed E-state index contributed by atoms with van der Waals surface area (Å²) in [5.41, 5.74) is 2.79. The fraction of sp³-hybridized carbons (Fsp3) is 0.118. The van der Waals surface area contributed by atoms with Gasteiger partial charge in [0, 0.05) is 11.1 Å². The van der Waals surface area contributed by atoms with Gasteiger partial charge in [-0.05, 0) is 18.1 Å². The minimum atomic E-state index is -0.333. The monoisotopic (exact) mass is 280 g/mol. The van der Waals surface area contributed by atoms with Gasteiger partial charge in [0.05, 0.1) is 0 Å². The molecule has 0 heterocycles. The van der Waals surface area contributed by atoms with E-state index in [1.807, 2.05) is 36.4 Å². The Morgan fingerprint density at radius 1 is 1.00 bits per heavy atom. The first-order valence-electron chi connectivity index (χ1n) is 6.40. The van der Waals surface area contributed by atoms with Gasteiger partial charge < -0.3 is 4.43 Å². The fourth-order valence-corrected chi connectivity index (χ4v) is 2.88. The lowest BCUT2D eigenvalue weighted by molar-refractivity contribution is -0.130. The third-order valence-corrected chi connectivity index (χ3v) is 4.09. The summed E-state index contributed by atoms with van der Waals surface area (Å²) in [5.74, 6) is -0.333. The van der Waals surface area contributed by atoms with E-state index < -0.39 is 0 Å². The minimum absolute atomic E-state index is 0.0410. The molecule has 0 N–H and O–H groups in total. The largest absolute Gasteiger partial charge is 0.512 e. The summed E-state index contributed by atoms with van der Waals surface area (Å²) >= 11 is 0. The number of carbonyl (C=O) groups excluding carboxylic acids is 1. The number of benzene rings is 2. The molecule has 2 nitrogen and oxygen atoms in total. The SMILES string of the molecule is C=C(C)C(=O)O[Si]C(c1ccccc1)c1ccccc1. The van der Waals surface area contributed by atoms with Gasteiger partial charge in [-0.15, -0.1) is 0 Å². The van der Waals surface area contributed by atoms with Gasteiger partial charge in [0.15, 0.2) is 0 Å². The van der Waals surface area contributed by atoms with Crippen molar-refractivity contribution in [2.45, 2.75) is 12.5 Å². The van der Waals surface area contributed by atoms with Gasteiger partial charge in [0.25, 0.3) is 0 Å². The van der Waals surface area contributed by atoms with E-state index in [1.54, 1.807) is 6.92 Å². The van der Waals surface area contributed by atoms with Crippen LogP contribution in [0.4, 0.5) is 0 Å². The minimum Gasteiger partial charge on any atom is -0.512 e. The van der Waals surface area contributed by atoms with Gasteiger partial charge in [-0.2, -0.15) is 0 Å². The van der Waals surface area contributed by atoms with Gasteiger partial charge >= 0.3 is 15.7 Å². The molecule has 0 saturated heterocycles. The Morgan fingerprint density at radius 3 is 1.85 bits per heavy atom. The highest BCUT2D eigenvalue weighted by molar-refractivity contribution is 6.35. The van der Waals surface area contributed by atoms with Gasteiger partial charge in [0.1, 0.15) is 0 Å². The van der Waals surface area contributed by atoms with E-state index >= 15 is 0 Å². The summed E-state index contributed by atoms with van der Waals surface area (Å²) in [6.45, 7) is 5.27. The van der Waals surface area contributed by atoms with E-state index in [0.29, 0.717) is 5.57 Å². The number of carbonyl (C=O) groups is 1. The highest BCUT2D eigenvalue weighted by Gasteiger charge is 2.19. The fourth-order valence-electron chi connectivity index (χ4n) is 1.82. The lowest BCUT2D eigenvalue weighted by Gasteiger charge is -2.16. The Kier molecular flexibility index (Phi) is 4.90. The Morgan fingerprint density at radius 2 is 1.45 bits per heavy atom. The van der Waals surface area contributed by atoms with Crippen molar-refractivity contribution in [1.82, 2.24) is 0 Å². The summed E-state index contributed by atoms with van der Waals surface area (Å²) in [5, 5.41) is 0. The molecule has 0 aromatic heterocycles. The summed E-state index contributed by atoms with van der Waals surface area (Å²) in [6, 6.07) is 20.2. The zero-order valence-electron chi connectivity index (χ0n) is 11.4. The van der Waals surface area contributed by atoms with Gasteiger partial charge in [0.2, 0.25) is 0 Å². The zero-order chi connectivity index (χ0) is 14.4. The van der Waals surface area contributed by atoms with Crippen LogP contribution in [0.25, 0.3) is 0 Å². The van der Waals surface area contributed by atoms with Gasteiger partial charge in [-0.25, -0.2) is 4.79 Å². The molecule has 2 aromatic carbocycles. The van der Waals surface area contributed by atoms with Gasteiger partial charge in [-0.3, -0.25) is 0 Å². The molecule has 3 heteroatoms. The first-order chi connectivity index (χ1) is 9.68. The summed E-state index contributed by atoms with van der Waals surface area (Å²) < 4.78 is 5.36. The molecule has 0 aliphatic carbocycles. The Hall–Kier alpha value is -2.13. The first kappa shape index (κ1) is 14.3. The van der Waals surface area contributed by atoms with Crippen molar-refractivity contribution in [3.05, 3.63) is 83.9 Å². The highest BCUT2D eigenvalue weighted by atomic mass is 28.2. The normalized spacial score (nSPS) is 10.3. The van der Waals surface area contributed by atoms with Crippen molar-refractivity contribution in [2.24, 2.45) is 0 Å². The number of hydrogen-bond donors (Lipinski definition) is 0. The summed E-state index contributed by atoms with van der Waals surface area (Å²) in [4.78, 5) is 11.6. The van der Waals surface area contributed by atoms with Crippen molar-refractivity contribution < 1.29 is 9.22 Å². The van der Waals surface area contributed by atoms with E-state index in [0.717, 1.165) is 11.1 Å². The number of rotatable bonds is 5. The Labute approximate surface area is 122 Å². The van der Waals surface area contributed by atoms with Crippen LogP contribution in [0.2, 0.25) is 0 Å². The Balaban J connectivity index is 2.22. The lowest BCUT2D eigenvalue weighted by atomic mass is 10.0. The maximum absolute atomic E-state index is 11.6. The molecule has 0 atom stereocenters. The smallest absolute Gasteiger partial charge is 0.328 e. The standard InChI is InChI=1S/C17H16O2Si/c1-13(2)17(18)19-20-16(14-9-5-3-6-10-14)15-11-7-4-8-12-15/h3-12,16H,1H2,2H3. The summed E-state index contributed by atoms with van der Waals surface area (Å²) in [7, 11) is 0.0410. The average molecular weight is 280 g/mol. The van der Waals surface area contributed by atoms with Crippen LogP contribution >= 0.6 is 0 Å². The van der Waals surface area contributed by atoms with Crippen LogP contribution in [0.1, 0.15) is 23.6 Å². The second kappa shape index (κ2) is 6.87. The molecule has 2 radical (unpaired) electrons. The molecule has 0 aliphatic rings. The Bertz CT molecular complexity index is 539. The third kappa shape index (κ3) is 3.68. The van der Waals surface area contributed by atoms with Crippen LogP contribution in [0, 0.1) is 0 Å². The summed E-state index contributed by atoms with van der Waals surface area (Å²) in [6.07, 6.45) is 0. The van der Waals surface area contributed by atoms with E-state index in [-0.39, 0.29) is 21.3 Å². The molecule has 0 amide bonds. The molecule has 2 rings (SSSR count). The second-order valence-corrected chi connectivity index (χ2v) is 5.56.